The molecule has 0 aromatic heterocycles. The number of rotatable bonds is 7. The molecule has 0 fully saturated rings. The summed E-state index contributed by atoms with van der Waals surface area (Å²) < 4.78 is 39.1. The Morgan fingerprint density at radius 1 is 0.957 bits per heavy atom. The predicted molar refractivity (Wildman–Crippen MR) is 83.8 cm³/mol. The number of nitrogens with one attached hydrogen (secondary N) is 1. The van der Waals surface area contributed by atoms with E-state index in [1.165, 1.54) is 12.1 Å². The van der Waals surface area contributed by atoms with Gasteiger partial charge in [0, 0.05) is 19.2 Å². The highest BCUT2D eigenvalue weighted by Gasteiger charge is 2.32. The first-order valence-corrected chi connectivity index (χ1v) is 7.56. The molecule has 2 nitrogen and oxygen atoms in total. The zero-order valence-electron chi connectivity index (χ0n) is 12.7. The van der Waals surface area contributed by atoms with E-state index >= 15 is 0 Å². The Labute approximate surface area is 134 Å². The van der Waals surface area contributed by atoms with Crippen LogP contribution in [0.25, 0.3) is 0 Å². The second-order valence-corrected chi connectivity index (χ2v) is 5.36. The van der Waals surface area contributed by atoms with Crippen LogP contribution in [0.5, 0.6) is 0 Å². The molecule has 1 atom stereocenters. The molecule has 5 heteroatoms. The van der Waals surface area contributed by atoms with E-state index in [1.54, 1.807) is 6.07 Å². The normalized spacial score (nSPS) is 13.0. The van der Waals surface area contributed by atoms with Gasteiger partial charge in [-0.05, 0) is 30.0 Å². The number of benzene rings is 2. The van der Waals surface area contributed by atoms with Gasteiger partial charge in [-0.1, -0.05) is 48.5 Å². The van der Waals surface area contributed by atoms with E-state index in [0.717, 1.165) is 11.6 Å². The van der Waals surface area contributed by atoms with Crippen LogP contribution in [0.15, 0.2) is 54.6 Å². The van der Waals surface area contributed by atoms with Crippen molar-refractivity contribution in [1.29, 1.82) is 0 Å². The average Bonchev–Trinajstić information content (AvgIpc) is 2.55. The highest BCUT2D eigenvalue weighted by Crippen LogP contribution is 2.32. The SMILES string of the molecule is OCCCC(NCc1ccccc1C(F)(F)F)c1ccccc1. The first kappa shape index (κ1) is 17.5. The van der Waals surface area contributed by atoms with Crippen molar-refractivity contribution >= 4 is 0 Å². The van der Waals surface area contributed by atoms with Crippen LogP contribution >= 0.6 is 0 Å². The lowest BCUT2D eigenvalue weighted by molar-refractivity contribution is -0.138. The molecule has 0 saturated heterocycles. The Kier molecular flexibility index (Phi) is 6.19. The fraction of sp³-hybridized carbons (Fsp3) is 0.333. The van der Waals surface area contributed by atoms with Crippen LogP contribution in [0.2, 0.25) is 0 Å². The molecule has 124 valence electrons. The third-order valence-corrected chi connectivity index (χ3v) is 3.71. The molecule has 2 aromatic rings. The Bertz CT molecular complexity index is 599. The van der Waals surface area contributed by atoms with Crippen molar-refractivity contribution < 1.29 is 18.3 Å². The second kappa shape index (κ2) is 8.13. The summed E-state index contributed by atoms with van der Waals surface area (Å²) in [5.74, 6) is 0. The summed E-state index contributed by atoms with van der Waals surface area (Å²) in [5.41, 5.74) is 0.622. The van der Waals surface area contributed by atoms with E-state index < -0.39 is 11.7 Å². The molecule has 0 bridgehead atoms. The van der Waals surface area contributed by atoms with Gasteiger partial charge in [-0.15, -0.1) is 0 Å². The van der Waals surface area contributed by atoms with Gasteiger partial charge in [-0.2, -0.15) is 13.2 Å². The zero-order valence-corrected chi connectivity index (χ0v) is 12.7. The van der Waals surface area contributed by atoms with Crippen LogP contribution in [0.3, 0.4) is 0 Å². The van der Waals surface area contributed by atoms with E-state index in [2.05, 4.69) is 5.32 Å². The van der Waals surface area contributed by atoms with Crippen LogP contribution in [-0.4, -0.2) is 11.7 Å². The van der Waals surface area contributed by atoms with E-state index in [9.17, 15) is 13.2 Å². The number of alkyl halides is 3. The lowest BCUT2D eigenvalue weighted by Crippen LogP contribution is -2.23. The molecule has 0 saturated carbocycles. The van der Waals surface area contributed by atoms with Gasteiger partial charge in [0.1, 0.15) is 0 Å². The highest BCUT2D eigenvalue weighted by atomic mass is 19.4. The first-order chi connectivity index (χ1) is 11.0. The van der Waals surface area contributed by atoms with Crippen molar-refractivity contribution in [1.82, 2.24) is 5.32 Å². The summed E-state index contributed by atoms with van der Waals surface area (Å²) in [6.45, 7) is 0.185. The summed E-state index contributed by atoms with van der Waals surface area (Å²) >= 11 is 0. The van der Waals surface area contributed by atoms with E-state index in [0.29, 0.717) is 12.8 Å². The Morgan fingerprint density at radius 3 is 2.26 bits per heavy atom. The highest BCUT2D eigenvalue weighted by molar-refractivity contribution is 5.30. The summed E-state index contributed by atoms with van der Waals surface area (Å²) in [6.07, 6.45) is -3.10. The minimum Gasteiger partial charge on any atom is -0.396 e. The largest absolute Gasteiger partial charge is 0.416 e. The average molecular weight is 323 g/mol. The smallest absolute Gasteiger partial charge is 0.396 e. The van der Waals surface area contributed by atoms with Crippen LogP contribution in [0.4, 0.5) is 13.2 Å². The van der Waals surface area contributed by atoms with Crippen LogP contribution in [0, 0.1) is 0 Å². The Balaban J connectivity index is 2.13. The van der Waals surface area contributed by atoms with Gasteiger partial charge >= 0.3 is 6.18 Å². The molecule has 1 unspecified atom stereocenters. The zero-order chi connectivity index (χ0) is 16.7. The van der Waals surface area contributed by atoms with Crippen molar-refractivity contribution in [2.45, 2.75) is 31.6 Å². The lowest BCUT2D eigenvalue weighted by atomic mass is 10.0. The molecule has 0 aliphatic rings. The first-order valence-electron chi connectivity index (χ1n) is 7.56. The van der Waals surface area contributed by atoms with Gasteiger partial charge in [0.25, 0.3) is 0 Å². The minimum atomic E-state index is -4.36. The number of hydrogen-bond acceptors (Lipinski definition) is 2. The van der Waals surface area contributed by atoms with Crippen molar-refractivity contribution in [3.05, 3.63) is 71.3 Å². The molecule has 0 spiro atoms. The molecule has 23 heavy (non-hydrogen) atoms. The lowest BCUT2D eigenvalue weighted by Gasteiger charge is -2.20. The maximum atomic E-state index is 13.0. The van der Waals surface area contributed by atoms with Crippen molar-refractivity contribution in [2.24, 2.45) is 0 Å². The third kappa shape index (κ3) is 5.08. The number of aliphatic hydroxyl groups is 1. The summed E-state index contributed by atoms with van der Waals surface area (Å²) in [4.78, 5) is 0. The quantitative estimate of drug-likeness (QED) is 0.796. The van der Waals surface area contributed by atoms with E-state index in [-0.39, 0.29) is 24.8 Å². The number of hydrogen-bond donors (Lipinski definition) is 2. The fourth-order valence-corrected chi connectivity index (χ4v) is 2.55. The van der Waals surface area contributed by atoms with Crippen molar-refractivity contribution in [3.63, 3.8) is 0 Å². The minimum absolute atomic E-state index is 0.0597. The van der Waals surface area contributed by atoms with Gasteiger partial charge < -0.3 is 10.4 Å². The summed E-state index contributed by atoms with van der Waals surface area (Å²) in [5, 5.41) is 12.2. The number of halogens is 3. The van der Waals surface area contributed by atoms with E-state index in [1.807, 2.05) is 30.3 Å². The monoisotopic (exact) mass is 323 g/mol. The summed E-state index contributed by atoms with van der Waals surface area (Å²) in [7, 11) is 0. The fourth-order valence-electron chi connectivity index (χ4n) is 2.55. The van der Waals surface area contributed by atoms with Crippen LogP contribution < -0.4 is 5.32 Å². The predicted octanol–water partition coefficient (Wildman–Crippen LogP) is 4.31. The maximum Gasteiger partial charge on any atom is 0.416 e. The van der Waals surface area contributed by atoms with Gasteiger partial charge in [-0.25, -0.2) is 0 Å². The van der Waals surface area contributed by atoms with Gasteiger partial charge in [-0.3, -0.25) is 0 Å². The summed E-state index contributed by atoms with van der Waals surface area (Å²) in [6, 6.07) is 15.1. The molecule has 0 radical (unpaired) electrons. The van der Waals surface area contributed by atoms with E-state index in [4.69, 9.17) is 5.11 Å². The Hall–Kier alpha value is -1.85. The van der Waals surface area contributed by atoms with Gasteiger partial charge in [0.05, 0.1) is 5.56 Å². The molecule has 0 aliphatic heterocycles. The van der Waals surface area contributed by atoms with Crippen LogP contribution in [0.1, 0.15) is 35.6 Å². The number of aliphatic hydroxyl groups excluding tert-OH is 1. The standard InChI is InChI=1S/C18H20F3NO/c19-18(20,21)16-10-5-4-9-15(16)13-22-17(11-6-12-23)14-7-2-1-3-8-14/h1-5,7-10,17,22-23H,6,11-13H2. The molecule has 2 rings (SSSR count). The molecular weight excluding hydrogens is 303 g/mol. The third-order valence-electron chi connectivity index (χ3n) is 3.71. The van der Waals surface area contributed by atoms with Gasteiger partial charge in [0.2, 0.25) is 0 Å². The molecule has 2 N–H and O–H groups in total. The van der Waals surface area contributed by atoms with Crippen molar-refractivity contribution in [2.75, 3.05) is 6.61 Å². The molecule has 2 aromatic carbocycles. The Morgan fingerprint density at radius 2 is 1.61 bits per heavy atom. The van der Waals surface area contributed by atoms with Gasteiger partial charge in [0.15, 0.2) is 0 Å². The topological polar surface area (TPSA) is 32.3 Å². The van der Waals surface area contributed by atoms with Crippen molar-refractivity contribution in [3.8, 4) is 0 Å². The second-order valence-electron chi connectivity index (χ2n) is 5.36. The molecule has 0 heterocycles. The molecule has 0 aliphatic carbocycles. The molecule has 0 amide bonds. The van der Waals surface area contributed by atoms with Crippen LogP contribution in [-0.2, 0) is 12.7 Å². The molecular formula is C18H20F3NO. The maximum absolute atomic E-state index is 13.0.